The first-order valence-corrected chi connectivity index (χ1v) is 10.3. The molecule has 3 aromatic rings. The summed E-state index contributed by atoms with van der Waals surface area (Å²) >= 11 is 1.24. The van der Waals surface area contributed by atoms with Crippen LogP contribution in [0.1, 0.15) is 15.9 Å². The van der Waals surface area contributed by atoms with Gasteiger partial charge in [0, 0.05) is 11.8 Å². The monoisotopic (exact) mass is 441 g/mol. The lowest BCUT2D eigenvalue weighted by atomic mass is 10.1. The SMILES string of the molecule is COC(=O)c1cc2ccccc2cc1OC(=O)CSCc1ccc(OC)c([N+](=O)[O-])c1. The van der Waals surface area contributed by atoms with Crippen molar-refractivity contribution in [1.82, 2.24) is 0 Å². The van der Waals surface area contributed by atoms with Gasteiger partial charge in [-0.05, 0) is 34.5 Å². The summed E-state index contributed by atoms with van der Waals surface area (Å²) in [5, 5.41) is 12.8. The molecule has 9 heteroatoms. The molecule has 0 aliphatic rings. The Kier molecular flexibility index (Phi) is 7.09. The van der Waals surface area contributed by atoms with E-state index in [-0.39, 0.29) is 28.5 Å². The summed E-state index contributed by atoms with van der Waals surface area (Å²) in [6.45, 7) is 0. The maximum atomic E-state index is 12.4. The highest BCUT2D eigenvalue weighted by Crippen LogP contribution is 2.30. The minimum atomic E-state index is -0.605. The van der Waals surface area contributed by atoms with Crippen molar-refractivity contribution in [3.8, 4) is 11.5 Å². The van der Waals surface area contributed by atoms with Crippen LogP contribution in [0, 0.1) is 10.1 Å². The van der Waals surface area contributed by atoms with E-state index in [1.807, 2.05) is 24.3 Å². The molecular formula is C22H19NO7S. The molecule has 0 N–H and O–H groups in total. The summed E-state index contributed by atoms with van der Waals surface area (Å²) in [4.78, 5) is 35.1. The zero-order valence-electron chi connectivity index (χ0n) is 16.8. The number of nitro benzene ring substituents is 1. The van der Waals surface area contributed by atoms with Gasteiger partial charge in [0.1, 0.15) is 11.3 Å². The minimum Gasteiger partial charge on any atom is -0.490 e. The van der Waals surface area contributed by atoms with Crippen molar-refractivity contribution in [2.45, 2.75) is 5.75 Å². The normalized spacial score (nSPS) is 10.5. The molecule has 3 rings (SSSR count). The van der Waals surface area contributed by atoms with Gasteiger partial charge in [-0.1, -0.05) is 30.3 Å². The van der Waals surface area contributed by atoms with E-state index >= 15 is 0 Å². The summed E-state index contributed by atoms with van der Waals surface area (Å²) in [5.41, 5.74) is 0.693. The van der Waals surface area contributed by atoms with Crippen molar-refractivity contribution >= 4 is 40.2 Å². The Morgan fingerprint density at radius 1 is 1.00 bits per heavy atom. The zero-order valence-corrected chi connectivity index (χ0v) is 17.6. The van der Waals surface area contributed by atoms with E-state index < -0.39 is 16.9 Å². The molecule has 0 heterocycles. The van der Waals surface area contributed by atoms with Gasteiger partial charge in [-0.2, -0.15) is 0 Å². The third-order valence-corrected chi connectivity index (χ3v) is 5.38. The molecule has 8 nitrogen and oxygen atoms in total. The molecular weight excluding hydrogens is 422 g/mol. The van der Waals surface area contributed by atoms with E-state index in [4.69, 9.17) is 14.2 Å². The van der Waals surface area contributed by atoms with Crippen LogP contribution in [0.3, 0.4) is 0 Å². The average molecular weight is 441 g/mol. The predicted octanol–water partition coefficient (Wildman–Crippen LogP) is 4.38. The van der Waals surface area contributed by atoms with Crippen LogP contribution in [0.15, 0.2) is 54.6 Å². The highest BCUT2D eigenvalue weighted by Gasteiger charge is 2.18. The van der Waals surface area contributed by atoms with Crippen molar-refractivity contribution in [1.29, 1.82) is 0 Å². The van der Waals surface area contributed by atoms with Crippen LogP contribution < -0.4 is 9.47 Å². The van der Waals surface area contributed by atoms with Crippen LogP contribution >= 0.6 is 11.8 Å². The van der Waals surface area contributed by atoms with Crippen LogP contribution in [-0.4, -0.2) is 36.8 Å². The molecule has 0 saturated heterocycles. The zero-order chi connectivity index (χ0) is 22.4. The number of carbonyl (C=O) groups excluding carboxylic acids is 2. The first kappa shape index (κ1) is 22.1. The van der Waals surface area contributed by atoms with E-state index in [1.54, 1.807) is 18.2 Å². The molecule has 0 spiro atoms. The van der Waals surface area contributed by atoms with Crippen LogP contribution in [0.2, 0.25) is 0 Å². The van der Waals surface area contributed by atoms with Crippen LogP contribution in [0.4, 0.5) is 5.69 Å². The predicted molar refractivity (Wildman–Crippen MR) is 117 cm³/mol. The Bertz CT molecular complexity index is 1150. The average Bonchev–Trinajstić information content (AvgIpc) is 2.77. The highest BCUT2D eigenvalue weighted by atomic mass is 32.2. The third kappa shape index (κ3) is 5.32. The number of nitrogens with zero attached hydrogens (tertiary/aromatic N) is 1. The van der Waals surface area contributed by atoms with E-state index in [0.29, 0.717) is 11.3 Å². The number of hydrogen-bond acceptors (Lipinski definition) is 8. The fraction of sp³-hybridized carbons (Fsp3) is 0.182. The standard InChI is InChI=1S/C22H19NO7S/c1-28-19-8-7-14(9-18(19)23(26)27)12-31-13-21(24)30-20-11-16-6-4-3-5-15(16)10-17(20)22(25)29-2/h3-11H,12-13H2,1-2H3. The molecule has 0 fully saturated rings. The quantitative estimate of drug-likeness (QED) is 0.219. The molecule has 0 saturated carbocycles. The molecule has 160 valence electrons. The number of benzene rings is 3. The lowest BCUT2D eigenvalue weighted by Gasteiger charge is -2.11. The van der Waals surface area contributed by atoms with Gasteiger partial charge < -0.3 is 14.2 Å². The van der Waals surface area contributed by atoms with E-state index in [9.17, 15) is 19.7 Å². The molecule has 0 aliphatic heterocycles. The van der Waals surface area contributed by atoms with Crippen molar-refractivity contribution in [3.05, 3.63) is 75.8 Å². The van der Waals surface area contributed by atoms with Crippen molar-refractivity contribution in [3.63, 3.8) is 0 Å². The Morgan fingerprint density at radius 2 is 1.71 bits per heavy atom. The topological polar surface area (TPSA) is 105 Å². The molecule has 0 aliphatic carbocycles. The Hall–Kier alpha value is -3.59. The summed E-state index contributed by atoms with van der Waals surface area (Å²) in [7, 11) is 2.62. The fourth-order valence-electron chi connectivity index (χ4n) is 2.95. The van der Waals surface area contributed by atoms with Gasteiger partial charge in [-0.25, -0.2) is 4.79 Å². The number of rotatable bonds is 8. The molecule has 0 bridgehead atoms. The van der Waals surface area contributed by atoms with Gasteiger partial charge in [-0.3, -0.25) is 14.9 Å². The first-order valence-electron chi connectivity index (χ1n) is 9.13. The number of fused-ring (bicyclic) bond motifs is 1. The van der Waals surface area contributed by atoms with E-state index in [0.717, 1.165) is 10.8 Å². The Labute approximate surface area is 182 Å². The van der Waals surface area contributed by atoms with Crippen molar-refractivity contribution < 1.29 is 28.7 Å². The second-order valence-corrected chi connectivity index (χ2v) is 7.40. The summed E-state index contributed by atoms with van der Waals surface area (Å²) < 4.78 is 15.2. The molecule has 0 aromatic heterocycles. The van der Waals surface area contributed by atoms with E-state index in [1.165, 1.54) is 38.1 Å². The Balaban J connectivity index is 1.68. The van der Waals surface area contributed by atoms with Gasteiger partial charge >= 0.3 is 17.6 Å². The van der Waals surface area contributed by atoms with Gasteiger partial charge in [-0.15, -0.1) is 11.8 Å². The minimum absolute atomic E-state index is 0.00668. The van der Waals surface area contributed by atoms with Crippen LogP contribution in [0.5, 0.6) is 11.5 Å². The molecule has 3 aromatic carbocycles. The molecule has 0 radical (unpaired) electrons. The lowest BCUT2D eigenvalue weighted by molar-refractivity contribution is -0.385. The maximum Gasteiger partial charge on any atom is 0.341 e. The van der Waals surface area contributed by atoms with Gasteiger partial charge in [0.15, 0.2) is 5.75 Å². The smallest absolute Gasteiger partial charge is 0.341 e. The van der Waals surface area contributed by atoms with Crippen LogP contribution in [0.25, 0.3) is 10.8 Å². The highest BCUT2D eigenvalue weighted by molar-refractivity contribution is 7.99. The number of hydrogen-bond donors (Lipinski definition) is 0. The Morgan fingerprint density at radius 3 is 2.35 bits per heavy atom. The van der Waals surface area contributed by atoms with Gasteiger partial charge in [0.25, 0.3) is 0 Å². The van der Waals surface area contributed by atoms with Crippen molar-refractivity contribution in [2.75, 3.05) is 20.0 Å². The van der Waals surface area contributed by atoms with Gasteiger partial charge in [0.05, 0.1) is 24.9 Å². The van der Waals surface area contributed by atoms with Crippen molar-refractivity contribution in [2.24, 2.45) is 0 Å². The first-order chi connectivity index (χ1) is 14.9. The number of ether oxygens (including phenoxy) is 3. The second-order valence-electron chi connectivity index (χ2n) is 6.42. The third-order valence-electron chi connectivity index (χ3n) is 4.41. The molecule has 31 heavy (non-hydrogen) atoms. The van der Waals surface area contributed by atoms with Crippen LogP contribution in [-0.2, 0) is 15.3 Å². The van der Waals surface area contributed by atoms with E-state index in [2.05, 4.69) is 0 Å². The number of carbonyl (C=O) groups is 2. The fourth-order valence-corrected chi connectivity index (χ4v) is 3.69. The number of thioether (sulfide) groups is 1. The molecule has 0 atom stereocenters. The molecule has 0 amide bonds. The largest absolute Gasteiger partial charge is 0.490 e. The molecule has 0 unspecified atom stereocenters. The summed E-state index contributed by atoms with van der Waals surface area (Å²) in [6.07, 6.45) is 0. The maximum absolute atomic E-state index is 12.4. The lowest BCUT2D eigenvalue weighted by Crippen LogP contribution is -2.14. The number of esters is 2. The summed E-state index contributed by atoms with van der Waals surface area (Å²) in [6, 6.07) is 15.2. The second kappa shape index (κ2) is 9.94. The van der Waals surface area contributed by atoms with Gasteiger partial charge in [0.2, 0.25) is 0 Å². The summed E-state index contributed by atoms with van der Waals surface area (Å²) in [5.74, 6) is -0.504. The number of methoxy groups -OCH3 is 2. The number of nitro groups is 1.